The zero-order chi connectivity index (χ0) is 17.1. The molecule has 24 heavy (non-hydrogen) atoms. The van der Waals surface area contributed by atoms with Gasteiger partial charge in [-0.1, -0.05) is 55.1 Å². The molecule has 1 saturated heterocycles. The molecule has 2 aromatic rings. The summed E-state index contributed by atoms with van der Waals surface area (Å²) in [4.78, 5) is 14.7. The van der Waals surface area contributed by atoms with E-state index >= 15 is 0 Å². The third-order valence-corrected chi connectivity index (χ3v) is 4.25. The van der Waals surface area contributed by atoms with E-state index in [0.717, 1.165) is 5.56 Å². The average Bonchev–Trinajstić information content (AvgIpc) is 3.06. The summed E-state index contributed by atoms with van der Waals surface area (Å²) in [6.07, 6.45) is -1.66. The number of rotatable bonds is 4. The molecule has 0 aliphatic carbocycles. The van der Waals surface area contributed by atoms with Gasteiger partial charge in [0.15, 0.2) is 6.23 Å². The number of benzene rings is 2. The number of hydrogen-bond acceptors (Lipinski definition) is 3. The fourth-order valence-electron chi connectivity index (χ4n) is 2.93. The molecule has 124 valence electrons. The van der Waals surface area contributed by atoms with Crippen LogP contribution < -0.4 is 0 Å². The molecule has 0 spiro atoms. The number of hydrogen-bond donors (Lipinski definition) is 1. The Hall–Kier alpha value is -2.43. The van der Waals surface area contributed by atoms with Crippen LogP contribution >= 0.6 is 0 Å². The predicted molar refractivity (Wildman–Crippen MR) is 92.4 cm³/mol. The summed E-state index contributed by atoms with van der Waals surface area (Å²) < 4.78 is 5.79. The van der Waals surface area contributed by atoms with Gasteiger partial charge in [0.25, 0.3) is 5.91 Å². The van der Waals surface area contributed by atoms with E-state index in [1.165, 1.54) is 0 Å². The second kappa shape index (κ2) is 6.99. The SMILES string of the molecule is C=C(C)[C@H](O)[C@@H]1OC[C@H](c2ccccc2)N1C(=O)c1ccccc1. The molecule has 1 N–H and O–H groups in total. The average molecular weight is 323 g/mol. The van der Waals surface area contributed by atoms with Crippen molar-refractivity contribution in [2.45, 2.75) is 25.3 Å². The fraction of sp³-hybridized carbons (Fsp3) is 0.250. The number of ether oxygens (including phenoxy) is 1. The summed E-state index contributed by atoms with van der Waals surface area (Å²) in [7, 11) is 0. The fourth-order valence-corrected chi connectivity index (χ4v) is 2.93. The molecule has 0 aromatic heterocycles. The van der Waals surface area contributed by atoms with Gasteiger partial charge in [0.2, 0.25) is 0 Å². The van der Waals surface area contributed by atoms with Gasteiger partial charge in [-0.2, -0.15) is 0 Å². The van der Waals surface area contributed by atoms with E-state index in [0.29, 0.717) is 17.7 Å². The number of aliphatic hydroxyl groups is 1. The van der Waals surface area contributed by atoms with E-state index in [9.17, 15) is 9.90 Å². The molecule has 3 atom stereocenters. The van der Waals surface area contributed by atoms with Crippen LogP contribution in [0.1, 0.15) is 28.9 Å². The Labute approximate surface area is 142 Å². The molecule has 1 heterocycles. The van der Waals surface area contributed by atoms with Gasteiger partial charge in [-0.25, -0.2) is 0 Å². The topological polar surface area (TPSA) is 49.8 Å². The van der Waals surface area contributed by atoms with Crippen LogP contribution in [0.15, 0.2) is 72.8 Å². The Morgan fingerprint density at radius 1 is 1.17 bits per heavy atom. The molecule has 1 aliphatic rings. The molecule has 0 bridgehead atoms. The number of amides is 1. The lowest BCUT2D eigenvalue weighted by molar-refractivity contribution is -0.0394. The maximum Gasteiger partial charge on any atom is 0.256 e. The van der Waals surface area contributed by atoms with E-state index in [2.05, 4.69) is 6.58 Å². The monoisotopic (exact) mass is 323 g/mol. The normalized spacial score (nSPS) is 21.5. The molecular formula is C20H21NO3. The van der Waals surface area contributed by atoms with Crippen molar-refractivity contribution in [3.05, 3.63) is 83.9 Å². The van der Waals surface area contributed by atoms with Gasteiger partial charge in [0, 0.05) is 5.56 Å². The van der Waals surface area contributed by atoms with Gasteiger partial charge >= 0.3 is 0 Å². The standard InChI is InChI=1S/C20H21NO3/c1-14(2)18(22)20-21(19(23)16-11-7-4-8-12-16)17(13-24-20)15-9-5-3-6-10-15/h3-12,17-18,20,22H,1,13H2,2H3/t17-,18+,20+/m1/s1. The first-order valence-corrected chi connectivity index (χ1v) is 7.97. The Morgan fingerprint density at radius 2 is 1.75 bits per heavy atom. The van der Waals surface area contributed by atoms with E-state index < -0.39 is 12.3 Å². The largest absolute Gasteiger partial charge is 0.384 e. The second-order valence-corrected chi connectivity index (χ2v) is 6.02. The minimum absolute atomic E-state index is 0.160. The maximum atomic E-state index is 13.1. The lowest BCUT2D eigenvalue weighted by atomic mass is 10.0. The minimum Gasteiger partial charge on any atom is -0.384 e. The maximum absolute atomic E-state index is 13.1. The van der Waals surface area contributed by atoms with Crippen LogP contribution in [0.25, 0.3) is 0 Å². The Morgan fingerprint density at radius 3 is 2.33 bits per heavy atom. The van der Waals surface area contributed by atoms with Gasteiger partial charge in [0.05, 0.1) is 12.6 Å². The van der Waals surface area contributed by atoms with Crippen molar-refractivity contribution in [1.29, 1.82) is 0 Å². The van der Waals surface area contributed by atoms with Gasteiger partial charge in [-0.15, -0.1) is 0 Å². The predicted octanol–water partition coefficient (Wildman–Crippen LogP) is 3.16. The van der Waals surface area contributed by atoms with Crippen LogP contribution in [0, 0.1) is 0 Å². The smallest absolute Gasteiger partial charge is 0.256 e. The Balaban J connectivity index is 1.98. The van der Waals surface area contributed by atoms with Crippen molar-refractivity contribution in [2.75, 3.05) is 6.61 Å². The van der Waals surface area contributed by atoms with E-state index in [-0.39, 0.29) is 11.9 Å². The zero-order valence-corrected chi connectivity index (χ0v) is 13.6. The van der Waals surface area contributed by atoms with Crippen LogP contribution in [0.4, 0.5) is 0 Å². The Bertz CT molecular complexity index is 714. The van der Waals surface area contributed by atoms with Gasteiger partial charge in [0.1, 0.15) is 6.10 Å². The first-order chi connectivity index (χ1) is 11.6. The summed E-state index contributed by atoms with van der Waals surface area (Å²) in [5.41, 5.74) is 2.13. The van der Waals surface area contributed by atoms with Crippen molar-refractivity contribution in [1.82, 2.24) is 4.90 Å². The molecular weight excluding hydrogens is 302 g/mol. The third-order valence-electron chi connectivity index (χ3n) is 4.25. The van der Waals surface area contributed by atoms with Crippen molar-refractivity contribution >= 4 is 5.91 Å². The van der Waals surface area contributed by atoms with Crippen molar-refractivity contribution in [2.24, 2.45) is 0 Å². The number of carbonyl (C=O) groups excluding carboxylic acids is 1. The molecule has 0 radical (unpaired) electrons. The van der Waals surface area contributed by atoms with Crippen molar-refractivity contribution in [3.63, 3.8) is 0 Å². The van der Waals surface area contributed by atoms with Crippen LogP contribution in [0.2, 0.25) is 0 Å². The summed E-state index contributed by atoms with van der Waals surface area (Å²) in [6.45, 7) is 5.87. The summed E-state index contributed by atoms with van der Waals surface area (Å²) >= 11 is 0. The van der Waals surface area contributed by atoms with Crippen LogP contribution in [-0.2, 0) is 4.74 Å². The second-order valence-electron chi connectivity index (χ2n) is 6.02. The molecule has 4 heteroatoms. The molecule has 2 aromatic carbocycles. The number of carbonyl (C=O) groups is 1. The van der Waals surface area contributed by atoms with Crippen molar-refractivity contribution < 1.29 is 14.6 Å². The highest BCUT2D eigenvalue weighted by Gasteiger charge is 2.42. The van der Waals surface area contributed by atoms with Gasteiger partial charge in [-0.05, 0) is 30.2 Å². The first-order valence-electron chi connectivity index (χ1n) is 7.97. The molecule has 4 nitrogen and oxygen atoms in total. The van der Waals surface area contributed by atoms with E-state index in [1.807, 2.05) is 48.5 Å². The van der Waals surface area contributed by atoms with E-state index in [1.54, 1.807) is 24.0 Å². The minimum atomic E-state index is -0.925. The lowest BCUT2D eigenvalue weighted by Gasteiger charge is -2.31. The zero-order valence-electron chi connectivity index (χ0n) is 13.6. The lowest BCUT2D eigenvalue weighted by Crippen LogP contribution is -2.45. The molecule has 1 amide bonds. The van der Waals surface area contributed by atoms with Gasteiger partial charge in [-0.3, -0.25) is 4.79 Å². The molecule has 1 aliphatic heterocycles. The highest BCUT2D eigenvalue weighted by molar-refractivity contribution is 5.94. The number of nitrogens with zero attached hydrogens (tertiary/aromatic N) is 1. The summed E-state index contributed by atoms with van der Waals surface area (Å²) in [5.74, 6) is -0.160. The molecule has 0 saturated carbocycles. The molecule has 3 rings (SSSR count). The molecule has 0 unspecified atom stereocenters. The molecule has 1 fully saturated rings. The van der Waals surface area contributed by atoms with Crippen LogP contribution in [-0.4, -0.2) is 34.9 Å². The third kappa shape index (κ3) is 3.11. The van der Waals surface area contributed by atoms with Gasteiger partial charge < -0.3 is 14.7 Å². The highest BCUT2D eigenvalue weighted by Crippen LogP contribution is 2.34. The first kappa shape index (κ1) is 16.4. The Kier molecular flexibility index (Phi) is 4.79. The van der Waals surface area contributed by atoms with E-state index in [4.69, 9.17) is 4.74 Å². The van der Waals surface area contributed by atoms with Crippen molar-refractivity contribution in [3.8, 4) is 0 Å². The number of aliphatic hydroxyl groups excluding tert-OH is 1. The quantitative estimate of drug-likeness (QED) is 0.879. The highest BCUT2D eigenvalue weighted by atomic mass is 16.5. The van der Waals surface area contributed by atoms with Crippen LogP contribution in [0.3, 0.4) is 0 Å². The summed E-state index contributed by atoms with van der Waals surface area (Å²) in [6, 6.07) is 18.6. The summed E-state index contributed by atoms with van der Waals surface area (Å²) in [5, 5.41) is 10.4. The van der Waals surface area contributed by atoms with Crippen LogP contribution in [0.5, 0.6) is 0 Å².